The third-order valence-electron chi connectivity index (χ3n) is 1.94. The molecule has 0 saturated carbocycles. The van der Waals surface area contributed by atoms with E-state index in [1.54, 1.807) is 40.5 Å². The highest BCUT2D eigenvalue weighted by molar-refractivity contribution is 8.00. The van der Waals surface area contributed by atoms with E-state index in [0.717, 1.165) is 17.4 Å². The van der Waals surface area contributed by atoms with Gasteiger partial charge in [-0.3, -0.25) is 0 Å². The minimum Gasteiger partial charge on any atom is -0.478 e. The van der Waals surface area contributed by atoms with Crippen LogP contribution in [0.4, 0.5) is 0 Å². The molecule has 2 aromatic rings. The molecule has 2 rings (SSSR count). The van der Waals surface area contributed by atoms with Crippen molar-refractivity contribution < 1.29 is 9.90 Å². The fourth-order valence-electron chi connectivity index (χ4n) is 1.22. The Hall–Kier alpha value is -1.04. The van der Waals surface area contributed by atoms with Gasteiger partial charge in [-0.1, -0.05) is 6.07 Å². The number of carboxylic acid groups (broad SMARTS) is 1. The molecule has 0 aromatic carbocycles. The predicted octanol–water partition coefficient (Wildman–Crippen LogP) is 4.20. The maximum atomic E-state index is 10.4. The van der Waals surface area contributed by atoms with Gasteiger partial charge in [-0.25, -0.2) is 4.79 Å². The normalized spacial score (nSPS) is 11.1. The average Bonchev–Trinajstić information content (AvgIpc) is 2.95. The first kappa shape index (κ1) is 12.4. The molecule has 0 aliphatic heterocycles. The van der Waals surface area contributed by atoms with Crippen LogP contribution in [-0.4, -0.2) is 11.1 Å². The minimum atomic E-state index is -0.911. The van der Waals surface area contributed by atoms with Crippen LogP contribution in [0.1, 0.15) is 10.4 Å². The third kappa shape index (κ3) is 4.03. The molecular weight excluding hydrogens is 272 g/mol. The van der Waals surface area contributed by atoms with Crippen LogP contribution in [0, 0.1) is 0 Å². The second kappa shape index (κ2) is 6.05. The van der Waals surface area contributed by atoms with Crippen molar-refractivity contribution in [1.82, 2.24) is 0 Å². The molecule has 0 amide bonds. The lowest BCUT2D eigenvalue weighted by Gasteiger charge is -1.93. The molecule has 1 N–H and O–H groups in total. The zero-order valence-corrected chi connectivity index (χ0v) is 11.3. The molecule has 88 valence electrons. The predicted molar refractivity (Wildman–Crippen MR) is 74.9 cm³/mol. The molecule has 17 heavy (non-hydrogen) atoms. The molecule has 0 unspecified atom stereocenters. The molecule has 0 bridgehead atoms. The monoisotopic (exact) mass is 282 g/mol. The summed E-state index contributed by atoms with van der Waals surface area (Å²) in [6.45, 7) is 0. The number of hydrogen-bond acceptors (Lipinski definition) is 4. The molecule has 0 saturated heterocycles. The zero-order chi connectivity index (χ0) is 12.1. The number of carbonyl (C=O) groups is 1. The molecule has 0 aliphatic rings. The number of rotatable bonds is 5. The lowest BCUT2D eigenvalue weighted by molar-refractivity contribution is -0.131. The van der Waals surface area contributed by atoms with Gasteiger partial charge in [0.15, 0.2) is 0 Å². The second-order valence-electron chi connectivity index (χ2n) is 3.24. The summed E-state index contributed by atoms with van der Waals surface area (Å²) in [5, 5.41) is 12.6. The second-order valence-corrected chi connectivity index (χ2v) is 6.46. The topological polar surface area (TPSA) is 37.3 Å². The van der Waals surface area contributed by atoms with Gasteiger partial charge in [0.05, 0.1) is 4.21 Å². The highest BCUT2D eigenvalue weighted by Crippen LogP contribution is 2.29. The third-order valence-corrected chi connectivity index (χ3v) is 5.26. The smallest absolute Gasteiger partial charge is 0.328 e. The Morgan fingerprint density at radius 1 is 1.47 bits per heavy atom. The molecule has 0 spiro atoms. The number of carboxylic acids is 1. The van der Waals surface area contributed by atoms with Crippen LogP contribution in [0.5, 0.6) is 0 Å². The van der Waals surface area contributed by atoms with Crippen molar-refractivity contribution >= 4 is 46.5 Å². The summed E-state index contributed by atoms with van der Waals surface area (Å²) >= 11 is 5.21. The number of hydrogen-bond donors (Lipinski definition) is 1. The van der Waals surface area contributed by atoms with Crippen molar-refractivity contribution in [3.8, 4) is 0 Å². The van der Waals surface area contributed by atoms with Gasteiger partial charge in [0, 0.05) is 16.7 Å². The molecule has 5 heteroatoms. The van der Waals surface area contributed by atoms with Crippen LogP contribution in [-0.2, 0) is 10.5 Å². The van der Waals surface area contributed by atoms with Crippen LogP contribution >= 0.6 is 34.4 Å². The largest absolute Gasteiger partial charge is 0.478 e. The Morgan fingerprint density at radius 2 is 2.35 bits per heavy atom. The van der Waals surface area contributed by atoms with Gasteiger partial charge in [-0.2, -0.15) is 0 Å². The van der Waals surface area contributed by atoms with Gasteiger partial charge in [0.1, 0.15) is 0 Å². The van der Waals surface area contributed by atoms with Gasteiger partial charge in [-0.05, 0) is 34.5 Å². The van der Waals surface area contributed by atoms with E-state index < -0.39 is 5.97 Å². The van der Waals surface area contributed by atoms with Crippen molar-refractivity contribution in [1.29, 1.82) is 0 Å². The Balaban J connectivity index is 1.92. The molecular formula is C12H10O2S3. The lowest BCUT2D eigenvalue weighted by atomic mass is 10.3. The van der Waals surface area contributed by atoms with Crippen molar-refractivity contribution in [3.63, 3.8) is 0 Å². The van der Waals surface area contributed by atoms with Gasteiger partial charge in [-0.15, -0.1) is 34.4 Å². The molecule has 2 heterocycles. The summed E-state index contributed by atoms with van der Waals surface area (Å²) in [6.07, 6.45) is 2.79. The summed E-state index contributed by atoms with van der Waals surface area (Å²) in [5.74, 6) is 0.0252. The average molecular weight is 282 g/mol. The molecule has 2 aromatic heterocycles. The summed E-state index contributed by atoms with van der Waals surface area (Å²) < 4.78 is 1.31. The molecule has 0 radical (unpaired) electrons. The fourth-order valence-corrected chi connectivity index (χ4v) is 3.91. The highest BCUT2D eigenvalue weighted by Gasteiger charge is 2.00. The van der Waals surface area contributed by atoms with Gasteiger partial charge in [0.2, 0.25) is 0 Å². The van der Waals surface area contributed by atoms with Crippen LogP contribution < -0.4 is 0 Å². The first-order valence-electron chi connectivity index (χ1n) is 4.89. The van der Waals surface area contributed by atoms with E-state index in [4.69, 9.17) is 5.11 Å². The maximum Gasteiger partial charge on any atom is 0.328 e. The molecule has 2 nitrogen and oxygen atoms in total. The van der Waals surface area contributed by atoms with Crippen LogP contribution in [0.15, 0.2) is 39.2 Å². The Kier molecular flexibility index (Phi) is 4.42. The van der Waals surface area contributed by atoms with Crippen molar-refractivity contribution in [2.45, 2.75) is 9.96 Å². The SMILES string of the molecule is O=C(O)C=Cc1csc(CSc2cccs2)c1. The molecule has 0 atom stereocenters. The van der Waals surface area contributed by atoms with E-state index in [9.17, 15) is 4.79 Å². The van der Waals surface area contributed by atoms with E-state index in [1.165, 1.54) is 9.09 Å². The summed E-state index contributed by atoms with van der Waals surface area (Å²) in [6, 6.07) is 6.18. The Bertz CT molecular complexity index is 512. The molecule has 0 fully saturated rings. The minimum absolute atomic E-state index is 0.911. The summed E-state index contributed by atoms with van der Waals surface area (Å²) in [7, 11) is 0. The van der Waals surface area contributed by atoms with Gasteiger partial charge >= 0.3 is 5.97 Å². The van der Waals surface area contributed by atoms with E-state index >= 15 is 0 Å². The lowest BCUT2D eigenvalue weighted by Crippen LogP contribution is -1.84. The first-order chi connectivity index (χ1) is 8.24. The number of thiophene rings is 2. The highest BCUT2D eigenvalue weighted by atomic mass is 32.2. The maximum absolute atomic E-state index is 10.4. The van der Waals surface area contributed by atoms with Crippen molar-refractivity contribution in [2.75, 3.05) is 0 Å². The number of aliphatic carboxylic acids is 1. The van der Waals surface area contributed by atoms with E-state index in [2.05, 4.69) is 11.4 Å². The summed E-state index contributed by atoms with van der Waals surface area (Å²) in [4.78, 5) is 11.6. The Morgan fingerprint density at radius 3 is 3.06 bits per heavy atom. The fraction of sp³-hybridized carbons (Fsp3) is 0.0833. The standard InChI is InChI=1S/C12H10O2S3/c13-11(14)4-3-9-6-10(16-7-9)8-17-12-2-1-5-15-12/h1-7H,8H2,(H,13,14). The quantitative estimate of drug-likeness (QED) is 0.659. The van der Waals surface area contributed by atoms with E-state index in [-0.39, 0.29) is 0 Å². The van der Waals surface area contributed by atoms with E-state index in [1.807, 2.05) is 17.5 Å². The van der Waals surface area contributed by atoms with Crippen LogP contribution in [0.3, 0.4) is 0 Å². The first-order valence-corrected chi connectivity index (χ1v) is 7.63. The van der Waals surface area contributed by atoms with Crippen LogP contribution in [0.25, 0.3) is 6.08 Å². The van der Waals surface area contributed by atoms with Crippen LogP contribution in [0.2, 0.25) is 0 Å². The van der Waals surface area contributed by atoms with Crippen molar-refractivity contribution in [3.05, 3.63) is 45.5 Å². The van der Waals surface area contributed by atoms with E-state index in [0.29, 0.717) is 0 Å². The number of thioether (sulfide) groups is 1. The zero-order valence-electron chi connectivity index (χ0n) is 8.83. The Labute approximate surface area is 112 Å². The molecule has 0 aliphatic carbocycles. The van der Waals surface area contributed by atoms with Crippen molar-refractivity contribution in [2.24, 2.45) is 0 Å². The summed E-state index contributed by atoms with van der Waals surface area (Å²) in [5.41, 5.74) is 0.958. The van der Waals surface area contributed by atoms with Gasteiger partial charge in [0.25, 0.3) is 0 Å². The van der Waals surface area contributed by atoms with Gasteiger partial charge < -0.3 is 5.11 Å².